The molecule has 0 radical (unpaired) electrons. The third kappa shape index (κ3) is 3.17. The molecule has 1 aromatic rings. The van der Waals surface area contributed by atoms with Crippen molar-refractivity contribution < 1.29 is 0 Å². The molecule has 0 unspecified atom stereocenters. The van der Waals surface area contributed by atoms with Crippen molar-refractivity contribution in [1.82, 2.24) is 0 Å². The molecule has 0 atom stereocenters. The van der Waals surface area contributed by atoms with E-state index in [0.717, 1.165) is 0 Å². The Balaban J connectivity index is 2.95. The maximum atomic E-state index is 2.83. The van der Waals surface area contributed by atoms with Crippen LogP contribution >= 0.6 is 26.3 Å². The second-order valence-corrected chi connectivity index (χ2v) is 18.5. The average molecular weight is 336 g/mol. The van der Waals surface area contributed by atoms with Gasteiger partial charge in [0.1, 0.15) is 0 Å². The molecule has 0 nitrogen and oxygen atoms in total. The van der Waals surface area contributed by atoms with Gasteiger partial charge in [0.2, 0.25) is 0 Å². The normalized spacial score (nSPS) is 14.5. The van der Waals surface area contributed by atoms with E-state index in [2.05, 4.69) is 73.1 Å². The summed E-state index contributed by atoms with van der Waals surface area (Å²) in [6.07, 6.45) is 5.42. The van der Waals surface area contributed by atoms with Crippen molar-refractivity contribution in [3.8, 4) is 0 Å². The summed E-state index contributed by atoms with van der Waals surface area (Å²) in [5, 5.41) is 0. The molecule has 0 aliphatic rings. The predicted molar refractivity (Wildman–Crippen MR) is 82.7 cm³/mol. The molecular weight excluding hydrogens is 314 g/mol. The second kappa shape index (κ2) is 5.14. The van der Waals surface area contributed by atoms with E-state index in [1.807, 2.05) is 0 Å². The molecule has 0 bridgehead atoms. The molecule has 0 saturated heterocycles. The molecule has 1 aromatic carbocycles. The van der Waals surface area contributed by atoms with Crippen LogP contribution in [-0.2, 0) is 6.16 Å². The van der Waals surface area contributed by atoms with E-state index in [4.69, 9.17) is 0 Å². The van der Waals surface area contributed by atoms with E-state index in [1.165, 1.54) is 30.2 Å². The van der Waals surface area contributed by atoms with Crippen molar-refractivity contribution in [3.05, 3.63) is 35.9 Å². The molecular formula is C13H22IP. The van der Waals surface area contributed by atoms with Gasteiger partial charge in [-0.2, -0.15) is 0 Å². The SMILES string of the molecule is CCP(I)(CC)(CC)Cc1ccccc1. The summed E-state index contributed by atoms with van der Waals surface area (Å²) in [6, 6.07) is 11.0. The van der Waals surface area contributed by atoms with Crippen molar-refractivity contribution in [2.75, 3.05) is 18.5 Å². The van der Waals surface area contributed by atoms with Gasteiger partial charge >= 0.3 is 108 Å². The fraction of sp³-hybridized carbons (Fsp3) is 0.538. The first kappa shape index (κ1) is 13.4. The molecule has 0 aromatic heterocycles. The van der Waals surface area contributed by atoms with Gasteiger partial charge < -0.3 is 0 Å². The van der Waals surface area contributed by atoms with Crippen LogP contribution in [0.2, 0.25) is 0 Å². The summed E-state index contributed by atoms with van der Waals surface area (Å²) in [5.74, 6) is 0. The quantitative estimate of drug-likeness (QED) is 0.515. The molecule has 15 heavy (non-hydrogen) atoms. The van der Waals surface area contributed by atoms with Crippen LogP contribution in [0.1, 0.15) is 26.3 Å². The van der Waals surface area contributed by atoms with Crippen LogP contribution in [0.25, 0.3) is 0 Å². The van der Waals surface area contributed by atoms with Gasteiger partial charge in [0.05, 0.1) is 0 Å². The predicted octanol–water partition coefficient (Wildman–Crippen LogP) is 5.15. The van der Waals surface area contributed by atoms with Gasteiger partial charge in [0.25, 0.3) is 0 Å². The molecule has 0 aliphatic heterocycles. The first-order valence-electron chi connectivity index (χ1n) is 5.82. The Kier molecular flexibility index (Phi) is 4.61. The van der Waals surface area contributed by atoms with Gasteiger partial charge in [-0.25, -0.2) is 0 Å². The fourth-order valence-electron chi connectivity index (χ4n) is 2.05. The van der Waals surface area contributed by atoms with Gasteiger partial charge in [0.15, 0.2) is 0 Å². The maximum absolute atomic E-state index is 2.83. The minimum atomic E-state index is -1.46. The Morgan fingerprint density at radius 3 is 1.80 bits per heavy atom. The van der Waals surface area contributed by atoms with E-state index in [9.17, 15) is 0 Å². The van der Waals surface area contributed by atoms with Gasteiger partial charge in [-0.05, 0) is 0 Å². The van der Waals surface area contributed by atoms with E-state index >= 15 is 0 Å². The van der Waals surface area contributed by atoms with Gasteiger partial charge in [0, 0.05) is 0 Å². The summed E-state index contributed by atoms with van der Waals surface area (Å²) < 4.78 is -1.46. The summed E-state index contributed by atoms with van der Waals surface area (Å²) in [5.41, 5.74) is 1.52. The average Bonchev–Trinajstić information content (AvgIpc) is 2.31. The Labute approximate surface area is 107 Å². The van der Waals surface area contributed by atoms with Gasteiger partial charge in [-0.15, -0.1) is 0 Å². The van der Waals surface area contributed by atoms with E-state index in [-0.39, 0.29) is 0 Å². The Morgan fingerprint density at radius 1 is 0.933 bits per heavy atom. The zero-order valence-electron chi connectivity index (χ0n) is 10.0. The molecule has 0 spiro atoms. The number of benzene rings is 1. The monoisotopic (exact) mass is 336 g/mol. The van der Waals surface area contributed by atoms with Crippen LogP contribution in [0.5, 0.6) is 0 Å². The summed E-state index contributed by atoms with van der Waals surface area (Å²) in [7, 11) is 0. The first-order chi connectivity index (χ1) is 7.06. The molecule has 0 N–H and O–H groups in total. The standard InChI is InChI=1S/C13H22IP/c1-4-15(14,5-2,6-3)12-13-10-8-7-9-11-13/h7-11H,4-6,12H2,1-3H3. The second-order valence-electron chi connectivity index (χ2n) is 4.41. The molecule has 0 amide bonds. The van der Waals surface area contributed by atoms with Gasteiger partial charge in [-0.3, -0.25) is 0 Å². The van der Waals surface area contributed by atoms with Crippen LogP contribution in [-0.4, -0.2) is 18.5 Å². The Morgan fingerprint density at radius 2 is 1.40 bits per heavy atom. The third-order valence-electron chi connectivity index (χ3n) is 3.79. The number of halogens is 1. The summed E-state index contributed by atoms with van der Waals surface area (Å²) >= 11 is 2.83. The van der Waals surface area contributed by atoms with E-state index in [0.29, 0.717) is 0 Å². The van der Waals surface area contributed by atoms with E-state index < -0.39 is 4.25 Å². The summed E-state index contributed by atoms with van der Waals surface area (Å²) in [4.78, 5) is 0. The zero-order chi connectivity index (χ0) is 11.4. The zero-order valence-corrected chi connectivity index (χ0v) is 13.1. The van der Waals surface area contributed by atoms with Crippen molar-refractivity contribution in [2.24, 2.45) is 0 Å². The van der Waals surface area contributed by atoms with Crippen LogP contribution in [0.15, 0.2) is 30.3 Å². The third-order valence-corrected chi connectivity index (χ3v) is 16.9. The minimum absolute atomic E-state index is 1.32. The molecule has 2 heteroatoms. The Bertz CT molecular complexity index is 293. The number of rotatable bonds is 5. The van der Waals surface area contributed by atoms with Crippen molar-refractivity contribution in [2.45, 2.75) is 26.9 Å². The molecule has 1 rings (SSSR count). The van der Waals surface area contributed by atoms with Crippen molar-refractivity contribution >= 4 is 26.3 Å². The molecule has 0 fully saturated rings. The van der Waals surface area contributed by atoms with Crippen molar-refractivity contribution in [3.63, 3.8) is 0 Å². The number of hydrogen-bond acceptors (Lipinski definition) is 0. The van der Waals surface area contributed by atoms with Crippen molar-refractivity contribution in [1.29, 1.82) is 0 Å². The molecule has 0 heterocycles. The van der Waals surface area contributed by atoms with Crippen LogP contribution in [0.4, 0.5) is 0 Å². The molecule has 0 saturated carbocycles. The first-order valence-corrected chi connectivity index (χ1v) is 11.6. The topological polar surface area (TPSA) is 0 Å². The molecule has 86 valence electrons. The van der Waals surface area contributed by atoms with E-state index in [1.54, 1.807) is 0 Å². The number of hydrogen-bond donors (Lipinski definition) is 0. The van der Waals surface area contributed by atoms with Gasteiger partial charge in [-0.1, -0.05) is 0 Å². The molecule has 0 aliphatic carbocycles. The Hall–Kier alpha value is 0.380. The van der Waals surface area contributed by atoms with Crippen LogP contribution in [0.3, 0.4) is 0 Å². The summed E-state index contributed by atoms with van der Waals surface area (Å²) in [6.45, 7) is 7.13. The fourth-order valence-corrected chi connectivity index (χ4v) is 6.36. The van der Waals surface area contributed by atoms with Crippen LogP contribution in [0, 0.1) is 0 Å². The van der Waals surface area contributed by atoms with Crippen LogP contribution < -0.4 is 0 Å².